The SMILES string of the molecule is CCNC1COc2c(S(=O)(=O)NC(=O)Nc3c4c(nc5c3CCC5(C)C)CCC4)cnn2C1. The molecule has 0 bridgehead atoms. The van der Waals surface area contributed by atoms with Crippen molar-refractivity contribution >= 4 is 21.7 Å². The van der Waals surface area contributed by atoms with Crippen molar-refractivity contribution in [2.75, 3.05) is 18.5 Å². The van der Waals surface area contributed by atoms with E-state index in [1.54, 1.807) is 0 Å². The zero-order valence-electron chi connectivity index (χ0n) is 19.2. The predicted molar refractivity (Wildman–Crippen MR) is 122 cm³/mol. The Morgan fingerprint density at radius 2 is 2.09 bits per heavy atom. The lowest BCUT2D eigenvalue weighted by Crippen LogP contribution is -2.42. The molecule has 0 fully saturated rings. The van der Waals surface area contributed by atoms with Crippen LogP contribution in [0.15, 0.2) is 11.1 Å². The predicted octanol–water partition coefficient (Wildman–Crippen LogP) is 1.87. The van der Waals surface area contributed by atoms with Gasteiger partial charge >= 0.3 is 6.03 Å². The topological polar surface area (TPSA) is 127 Å². The Kier molecular flexibility index (Phi) is 5.36. The van der Waals surface area contributed by atoms with Gasteiger partial charge < -0.3 is 15.4 Å². The zero-order chi connectivity index (χ0) is 23.4. The molecular formula is C22H30N6O4S. The molecule has 2 aromatic rings. The maximum absolute atomic E-state index is 13.0. The van der Waals surface area contributed by atoms with E-state index in [4.69, 9.17) is 9.72 Å². The number of rotatable bonds is 5. The summed E-state index contributed by atoms with van der Waals surface area (Å²) < 4.78 is 35.3. The highest BCUT2D eigenvalue weighted by molar-refractivity contribution is 7.90. The minimum absolute atomic E-state index is 0.0503. The van der Waals surface area contributed by atoms with Crippen molar-refractivity contribution < 1.29 is 17.9 Å². The molecule has 2 aromatic heterocycles. The summed E-state index contributed by atoms with van der Waals surface area (Å²) in [5.74, 6) is 0.150. The molecule has 11 heteroatoms. The first-order valence-corrected chi connectivity index (χ1v) is 13.0. The van der Waals surface area contributed by atoms with Gasteiger partial charge in [-0.3, -0.25) is 4.98 Å². The molecule has 2 aliphatic carbocycles. The number of aryl methyl sites for hydroxylation is 1. The molecule has 0 radical (unpaired) electrons. The van der Waals surface area contributed by atoms with Gasteiger partial charge in [0.1, 0.15) is 6.61 Å². The van der Waals surface area contributed by atoms with Gasteiger partial charge in [-0.15, -0.1) is 0 Å². The van der Waals surface area contributed by atoms with Gasteiger partial charge in [0.2, 0.25) is 5.88 Å². The van der Waals surface area contributed by atoms with Crippen LogP contribution >= 0.6 is 0 Å². The summed E-state index contributed by atoms with van der Waals surface area (Å²) in [4.78, 5) is 17.7. The number of pyridine rings is 1. The minimum Gasteiger partial charge on any atom is -0.475 e. The lowest BCUT2D eigenvalue weighted by molar-refractivity contribution is 0.180. The maximum Gasteiger partial charge on any atom is 0.333 e. The third-order valence-electron chi connectivity index (χ3n) is 6.79. The number of hydrogen-bond acceptors (Lipinski definition) is 7. The van der Waals surface area contributed by atoms with Crippen LogP contribution in [0.25, 0.3) is 0 Å². The Labute approximate surface area is 193 Å². The second-order valence-electron chi connectivity index (χ2n) is 9.60. The molecule has 0 saturated heterocycles. The second kappa shape index (κ2) is 7.98. The Balaban J connectivity index is 1.38. The summed E-state index contributed by atoms with van der Waals surface area (Å²) in [5, 5.41) is 10.3. The van der Waals surface area contributed by atoms with Gasteiger partial charge in [0, 0.05) is 11.1 Å². The quantitative estimate of drug-likeness (QED) is 0.604. The average Bonchev–Trinajstić information content (AvgIpc) is 3.45. The number of carbonyl (C=O) groups excluding carboxylic acids is 1. The van der Waals surface area contributed by atoms with Crippen LogP contribution in [0.2, 0.25) is 0 Å². The van der Waals surface area contributed by atoms with Crippen LogP contribution in [0, 0.1) is 0 Å². The number of ether oxygens (including phenoxy) is 1. The Morgan fingerprint density at radius 1 is 1.27 bits per heavy atom. The van der Waals surface area contributed by atoms with Crippen LogP contribution in [-0.2, 0) is 41.2 Å². The van der Waals surface area contributed by atoms with E-state index in [-0.39, 0.29) is 22.2 Å². The maximum atomic E-state index is 13.0. The fraction of sp³-hybridized carbons (Fsp3) is 0.591. The van der Waals surface area contributed by atoms with Crippen molar-refractivity contribution in [2.24, 2.45) is 0 Å². The number of sulfonamides is 1. The number of urea groups is 1. The van der Waals surface area contributed by atoms with Gasteiger partial charge in [-0.05, 0) is 49.8 Å². The van der Waals surface area contributed by atoms with E-state index in [0.29, 0.717) is 13.2 Å². The minimum atomic E-state index is -4.16. The average molecular weight is 475 g/mol. The van der Waals surface area contributed by atoms with E-state index < -0.39 is 16.1 Å². The first kappa shape index (κ1) is 22.1. The first-order chi connectivity index (χ1) is 15.7. The van der Waals surface area contributed by atoms with E-state index in [1.807, 2.05) is 6.92 Å². The van der Waals surface area contributed by atoms with Gasteiger partial charge in [0.15, 0.2) is 4.90 Å². The summed E-state index contributed by atoms with van der Waals surface area (Å²) in [7, 11) is -4.16. The van der Waals surface area contributed by atoms with Crippen molar-refractivity contribution in [1.82, 2.24) is 24.8 Å². The van der Waals surface area contributed by atoms with Gasteiger partial charge in [-0.1, -0.05) is 20.8 Å². The second-order valence-corrected chi connectivity index (χ2v) is 11.2. The number of aromatic nitrogens is 3. The molecule has 33 heavy (non-hydrogen) atoms. The fourth-order valence-electron chi connectivity index (χ4n) is 5.12. The molecule has 3 heterocycles. The molecule has 0 spiro atoms. The lowest BCUT2D eigenvalue weighted by Gasteiger charge is -2.25. The summed E-state index contributed by atoms with van der Waals surface area (Å²) >= 11 is 0. The van der Waals surface area contributed by atoms with Crippen LogP contribution < -0.4 is 20.1 Å². The number of likely N-dealkylation sites (N-methyl/N-ethyl adjacent to an activating group) is 1. The third-order valence-corrected chi connectivity index (χ3v) is 8.10. The summed E-state index contributed by atoms with van der Waals surface area (Å²) in [6, 6.07) is -0.738. The first-order valence-electron chi connectivity index (χ1n) is 11.5. The molecule has 5 rings (SSSR count). The number of amides is 2. The highest BCUT2D eigenvalue weighted by Gasteiger charge is 2.37. The molecule has 0 aromatic carbocycles. The van der Waals surface area contributed by atoms with Crippen molar-refractivity contribution in [3.8, 4) is 5.88 Å². The molecule has 0 saturated carbocycles. The number of anilines is 1. The molecule has 1 unspecified atom stereocenters. The molecule has 1 atom stereocenters. The standard InChI is InChI=1S/C22H30N6O4S/c1-4-23-13-11-28-20(32-12-13)17(10-24-28)33(30,31)27-21(29)26-18-14-6-5-7-16(14)25-19-15(18)8-9-22(19,2)3/h10,13,23H,4-9,11-12H2,1-3H3,(H2,25,26,27,29). The molecule has 178 valence electrons. The number of nitrogens with one attached hydrogen (secondary N) is 3. The summed E-state index contributed by atoms with van der Waals surface area (Å²) in [6.45, 7) is 7.91. The van der Waals surface area contributed by atoms with E-state index in [0.717, 1.165) is 66.9 Å². The van der Waals surface area contributed by atoms with Crippen molar-refractivity contribution in [1.29, 1.82) is 0 Å². The lowest BCUT2D eigenvalue weighted by atomic mass is 9.90. The van der Waals surface area contributed by atoms with Crippen LogP contribution in [0.1, 0.15) is 56.1 Å². The van der Waals surface area contributed by atoms with E-state index in [2.05, 4.69) is 34.3 Å². The van der Waals surface area contributed by atoms with Crippen molar-refractivity contribution in [2.45, 2.75) is 75.8 Å². The largest absolute Gasteiger partial charge is 0.475 e. The monoisotopic (exact) mass is 474 g/mol. The number of carbonyl (C=O) groups is 1. The van der Waals surface area contributed by atoms with Gasteiger partial charge in [-0.25, -0.2) is 22.6 Å². The molecule has 3 aliphatic rings. The van der Waals surface area contributed by atoms with Gasteiger partial charge in [-0.2, -0.15) is 5.10 Å². The molecule has 3 N–H and O–H groups in total. The smallest absolute Gasteiger partial charge is 0.333 e. The summed E-state index contributed by atoms with van der Waals surface area (Å²) in [6.07, 6.45) is 5.66. The van der Waals surface area contributed by atoms with Crippen LogP contribution in [0.3, 0.4) is 0 Å². The van der Waals surface area contributed by atoms with E-state index in [1.165, 1.54) is 10.9 Å². The van der Waals surface area contributed by atoms with Crippen molar-refractivity contribution in [3.05, 3.63) is 28.7 Å². The van der Waals surface area contributed by atoms with Gasteiger partial charge in [0.05, 0.1) is 30.2 Å². The van der Waals surface area contributed by atoms with Crippen LogP contribution in [0.4, 0.5) is 10.5 Å². The van der Waals surface area contributed by atoms with E-state index in [9.17, 15) is 13.2 Å². The molecule has 10 nitrogen and oxygen atoms in total. The highest BCUT2D eigenvalue weighted by Crippen LogP contribution is 2.44. The van der Waals surface area contributed by atoms with Crippen LogP contribution in [-0.4, -0.2) is 48.4 Å². The Morgan fingerprint density at radius 3 is 2.88 bits per heavy atom. The van der Waals surface area contributed by atoms with Crippen LogP contribution in [0.5, 0.6) is 5.88 Å². The number of nitrogens with zero attached hydrogens (tertiary/aromatic N) is 3. The van der Waals surface area contributed by atoms with Crippen molar-refractivity contribution in [3.63, 3.8) is 0 Å². The molecule has 2 amide bonds. The number of hydrogen-bond donors (Lipinski definition) is 3. The highest BCUT2D eigenvalue weighted by atomic mass is 32.2. The third kappa shape index (κ3) is 3.86. The Bertz CT molecular complexity index is 1220. The normalized spacial score (nSPS) is 20.5. The van der Waals surface area contributed by atoms with E-state index >= 15 is 0 Å². The number of fused-ring (bicyclic) bond motifs is 3. The Hall–Kier alpha value is -2.66. The summed E-state index contributed by atoms with van der Waals surface area (Å²) in [5.41, 5.74) is 4.73. The zero-order valence-corrected chi connectivity index (χ0v) is 20.0. The van der Waals surface area contributed by atoms with Gasteiger partial charge in [0.25, 0.3) is 10.0 Å². The molecular weight excluding hydrogens is 444 g/mol. The molecule has 1 aliphatic heterocycles. The fourth-order valence-corrected chi connectivity index (χ4v) is 6.10.